The summed E-state index contributed by atoms with van der Waals surface area (Å²) in [7, 11) is 0. The number of rotatable bonds is 6. The number of hydrogen-bond acceptors (Lipinski definition) is 4. The average molecular weight is 354 g/mol. The zero-order valence-corrected chi connectivity index (χ0v) is 15.0. The summed E-state index contributed by atoms with van der Waals surface area (Å²) in [6.07, 6.45) is 1.42. The molecule has 3 rings (SSSR count). The third-order valence-corrected chi connectivity index (χ3v) is 4.21. The molecule has 2 aromatic heterocycles. The van der Waals surface area contributed by atoms with E-state index in [1.165, 1.54) is 6.26 Å². The normalized spacial score (nSPS) is 13.5. The molecule has 0 spiro atoms. The number of para-hydroxylation sites is 1. The van der Waals surface area contributed by atoms with Gasteiger partial charge in [0.15, 0.2) is 5.76 Å². The van der Waals surface area contributed by atoms with E-state index in [9.17, 15) is 9.59 Å². The molecule has 1 aromatic carbocycles. The third kappa shape index (κ3) is 3.79. The van der Waals surface area contributed by atoms with Crippen LogP contribution >= 0.6 is 0 Å². The summed E-state index contributed by atoms with van der Waals surface area (Å²) in [5.74, 6) is 0.0677. The maximum Gasteiger partial charge on any atom is 0.287 e. The zero-order valence-electron chi connectivity index (χ0n) is 15.0. The van der Waals surface area contributed by atoms with Crippen LogP contribution in [0.5, 0.6) is 0 Å². The van der Waals surface area contributed by atoms with Gasteiger partial charge < -0.3 is 19.5 Å². The van der Waals surface area contributed by atoms with Gasteiger partial charge in [0, 0.05) is 5.39 Å². The summed E-state index contributed by atoms with van der Waals surface area (Å²) < 4.78 is 10.9. The molecule has 0 aliphatic rings. The maximum absolute atomic E-state index is 12.7. The lowest BCUT2D eigenvalue weighted by atomic mass is 10.0. The number of hydrogen-bond donors (Lipinski definition) is 2. The van der Waals surface area contributed by atoms with Crippen LogP contribution in [0.3, 0.4) is 0 Å². The Labute approximate surface area is 151 Å². The molecule has 2 atom stereocenters. The first kappa shape index (κ1) is 17.8. The van der Waals surface area contributed by atoms with Gasteiger partial charge in [-0.25, -0.2) is 0 Å². The number of carbonyl (C=O) groups is 2. The van der Waals surface area contributed by atoms with Crippen molar-refractivity contribution in [2.75, 3.05) is 0 Å². The molecular weight excluding hydrogens is 332 g/mol. The van der Waals surface area contributed by atoms with Crippen molar-refractivity contribution in [1.82, 2.24) is 10.6 Å². The molecular formula is C20H22N2O4. The number of furan rings is 2. The highest BCUT2D eigenvalue weighted by Gasteiger charge is 2.27. The largest absolute Gasteiger partial charge is 0.459 e. The van der Waals surface area contributed by atoms with Gasteiger partial charge in [-0.05, 0) is 37.1 Å². The Kier molecular flexibility index (Phi) is 5.11. The summed E-state index contributed by atoms with van der Waals surface area (Å²) in [5, 5.41) is 6.62. The van der Waals surface area contributed by atoms with E-state index in [4.69, 9.17) is 8.83 Å². The first-order valence-corrected chi connectivity index (χ1v) is 8.59. The summed E-state index contributed by atoms with van der Waals surface area (Å²) in [5.41, 5.74) is 0.773. The smallest absolute Gasteiger partial charge is 0.287 e. The van der Waals surface area contributed by atoms with E-state index in [0.717, 1.165) is 11.0 Å². The topological polar surface area (TPSA) is 84.5 Å². The first-order valence-electron chi connectivity index (χ1n) is 8.59. The van der Waals surface area contributed by atoms with Gasteiger partial charge in [0.1, 0.15) is 17.4 Å². The second-order valence-electron chi connectivity index (χ2n) is 6.59. The van der Waals surface area contributed by atoms with Gasteiger partial charge in [-0.1, -0.05) is 32.0 Å². The van der Waals surface area contributed by atoms with Gasteiger partial charge in [0.05, 0.1) is 12.3 Å². The molecule has 0 aliphatic carbocycles. The molecule has 6 nitrogen and oxygen atoms in total. The fraction of sp³-hybridized carbons (Fsp3) is 0.300. The second kappa shape index (κ2) is 7.47. The van der Waals surface area contributed by atoms with Crippen molar-refractivity contribution in [3.8, 4) is 0 Å². The van der Waals surface area contributed by atoms with Crippen LogP contribution in [-0.2, 0) is 4.79 Å². The molecule has 136 valence electrons. The average Bonchev–Trinajstić information content (AvgIpc) is 3.28. The predicted octanol–water partition coefficient (Wildman–Crippen LogP) is 3.66. The van der Waals surface area contributed by atoms with Crippen molar-refractivity contribution < 1.29 is 18.4 Å². The summed E-state index contributed by atoms with van der Waals surface area (Å²) in [6.45, 7) is 5.60. The van der Waals surface area contributed by atoms with E-state index < -0.39 is 11.9 Å². The Balaban J connectivity index is 1.69. The molecule has 0 radical (unpaired) electrons. The Morgan fingerprint density at radius 3 is 2.42 bits per heavy atom. The van der Waals surface area contributed by atoms with E-state index in [2.05, 4.69) is 10.6 Å². The van der Waals surface area contributed by atoms with E-state index in [0.29, 0.717) is 5.76 Å². The number of carbonyl (C=O) groups excluding carboxylic acids is 2. The standard InChI is InChI=1S/C20H22N2O4/c1-12(2)18(22-19(23)16-9-6-10-25-16)20(24)21-13(3)17-11-14-7-4-5-8-15(14)26-17/h4-13,18H,1-3H3,(H,21,24)(H,22,23)/t13?,18-/m0/s1. The molecule has 6 heteroatoms. The molecule has 0 aliphatic heterocycles. The van der Waals surface area contributed by atoms with Gasteiger partial charge in [0.25, 0.3) is 5.91 Å². The van der Waals surface area contributed by atoms with Crippen LogP contribution in [0.1, 0.15) is 43.1 Å². The SMILES string of the molecule is CC(NC(=O)[C@@H](NC(=O)c1ccco1)C(C)C)c1cc2ccccc2o1. The monoisotopic (exact) mass is 354 g/mol. The van der Waals surface area contributed by atoms with Crippen molar-refractivity contribution in [3.63, 3.8) is 0 Å². The lowest BCUT2D eigenvalue weighted by Crippen LogP contribution is -2.50. The van der Waals surface area contributed by atoms with Gasteiger partial charge in [0.2, 0.25) is 5.91 Å². The minimum atomic E-state index is -0.681. The lowest BCUT2D eigenvalue weighted by molar-refractivity contribution is -0.124. The minimum absolute atomic E-state index is 0.0863. The molecule has 1 unspecified atom stereocenters. The second-order valence-corrected chi connectivity index (χ2v) is 6.59. The van der Waals surface area contributed by atoms with Gasteiger partial charge in [-0.2, -0.15) is 0 Å². The molecule has 0 saturated heterocycles. The summed E-state index contributed by atoms with van der Waals surface area (Å²) >= 11 is 0. The molecule has 0 saturated carbocycles. The Morgan fingerprint density at radius 1 is 1.00 bits per heavy atom. The quantitative estimate of drug-likeness (QED) is 0.707. The van der Waals surface area contributed by atoms with E-state index in [1.807, 2.05) is 51.1 Å². The van der Waals surface area contributed by atoms with E-state index in [-0.39, 0.29) is 23.6 Å². The van der Waals surface area contributed by atoms with Crippen LogP contribution in [0, 0.1) is 5.92 Å². The highest BCUT2D eigenvalue weighted by atomic mass is 16.3. The van der Waals surface area contributed by atoms with Gasteiger partial charge in [-0.3, -0.25) is 9.59 Å². The van der Waals surface area contributed by atoms with Crippen LogP contribution in [-0.4, -0.2) is 17.9 Å². The van der Waals surface area contributed by atoms with Crippen molar-refractivity contribution in [1.29, 1.82) is 0 Å². The fourth-order valence-corrected chi connectivity index (χ4v) is 2.75. The highest BCUT2D eigenvalue weighted by Crippen LogP contribution is 2.23. The summed E-state index contributed by atoms with van der Waals surface area (Å²) in [6, 6.07) is 11.8. The highest BCUT2D eigenvalue weighted by molar-refractivity contribution is 5.95. The van der Waals surface area contributed by atoms with Crippen molar-refractivity contribution in [2.45, 2.75) is 32.9 Å². The van der Waals surface area contributed by atoms with Crippen LogP contribution in [0.4, 0.5) is 0 Å². The van der Waals surface area contributed by atoms with Crippen molar-refractivity contribution in [2.24, 2.45) is 5.92 Å². The first-order chi connectivity index (χ1) is 12.5. The molecule has 2 amide bonds. The Hall–Kier alpha value is -3.02. The zero-order chi connectivity index (χ0) is 18.7. The minimum Gasteiger partial charge on any atom is -0.459 e. The molecule has 2 heterocycles. The fourth-order valence-electron chi connectivity index (χ4n) is 2.75. The number of benzene rings is 1. The molecule has 0 bridgehead atoms. The number of fused-ring (bicyclic) bond motifs is 1. The molecule has 26 heavy (non-hydrogen) atoms. The van der Waals surface area contributed by atoms with Gasteiger partial charge in [-0.15, -0.1) is 0 Å². The van der Waals surface area contributed by atoms with Crippen molar-refractivity contribution in [3.05, 3.63) is 60.2 Å². The van der Waals surface area contributed by atoms with Crippen LogP contribution < -0.4 is 10.6 Å². The van der Waals surface area contributed by atoms with E-state index in [1.54, 1.807) is 12.1 Å². The third-order valence-electron chi connectivity index (χ3n) is 4.21. The Morgan fingerprint density at radius 2 is 1.77 bits per heavy atom. The number of nitrogens with one attached hydrogen (secondary N) is 2. The van der Waals surface area contributed by atoms with Gasteiger partial charge >= 0.3 is 0 Å². The molecule has 2 N–H and O–H groups in total. The van der Waals surface area contributed by atoms with Crippen LogP contribution in [0.25, 0.3) is 11.0 Å². The van der Waals surface area contributed by atoms with Crippen molar-refractivity contribution >= 4 is 22.8 Å². The summed E-state index contributed by atoms with van der Waals surface area (Å²) in [4.78, 5) is 24.9. The van der Waals surface area contributed by atoms with Crippen LogP contribution in [0.2, 0.25) is 0 Å². The van der Waals surface area contributed by atoms with Crippen LogP contribution in [0.15, 0.2) is 57.6 Å². The predicted molar refractivity (Wildman–Crippen MR) is 97.6 cm³/mol. The Bertz CT molecular complexity index is 863. The molecule has 0 fully saturated rings. The number of amides is 2. The lowest BCUT2D eigenvalue weighted by Gasteiger charge is -2.23. The van der Waals surface area contributed by atoms with E-state index >= 15 is 0 Å². The maximum atomic E-state index is 12.7. The molecule has 3 aromatic rings.